The van der Waals surface area contributed by atoms with Gasteiger partial charge in [-0.3, -0.25) is 19.1 Å². The molecule has 4 N–H and O–H groups in total. The van der Waals surface area contributed by atoms with E-state index in [2.05, 4.69) is 20.1 Å². The van der Waals surface area contributed by atoms with Crippen molar-refractivity contribution in [3.05, 3.63) is 36.5 Å². The zero-order valence-corrected chi connectivity index (χ0v) is 31.4. The molecule has 2 saturated heterocycles. The second kappa shape index (κ2) is 18.1. The van der Waals surface area contributed by atoms with Crippen molar-refractivity contribution in [2.24, 2.45) is 22.7 Å². The van der Waals surface area contributed by atoms with Gasteiger partial charge >= 0.3 is 17.9 Å². The van der Waals surface area contributed by atoms with E-state index in [4.69, 9.17) is 28.4 Å². The van der Waals surface area contributed by atoms with Crippen LogP contribution in [0.4, 0.5) is 0 Å². The summed E-state index contributed by atoms with van der Waals surface area (Å²) in [4.78, 5) is 38.5. The smallest absolute Gasteiger partial charge is 0.306 e. The first-order valence-electron chi connectivity index (χ1n) is 18.8. The maximum atomic E-state index is 13.3. The molecule has 4 aliphatic rings. The van der Waals surface area contributed by atoms with Crippen LogP contribution in [0.25, 0.3) is 0 Å². The van der Waals surface area contributed by atoms with Gasteiger partial charge in [-0.2, -0.15) is 0 Å². The lowest BCUT2D eigenvalue weighted by molar-refractivity contribution is -0.323. The molecule has 2 heterocycles. The Morgan fingerprint density at radius 3 is 2.29 bits per heavy atom. The van der Waals surface area contributed by atoms with Gasteiger partial charge < -0.3 is 44.1 Å². The first kappa shape index (κ1) is 42.1. The molecule has 294 valence electrons. The lowest BCUT2D eigenvalue weighted by atomic mass is 9.44. The van der Waals surface area contributed by atoms with Crippen molar-refractivity contribution in [2.75, 3.05) is 6.61 Å². The van der Waals surface area contributed by atoms with Crippen molar-refractivity contribution in [1.29, 1.82) is 0 Å². The van der Waals surface area contributed by atoms with E-state index in [1.54, 1.807) is 6.08 Å². The molecule has 13 heteroatoms. The maximum Gasteiger partial charge on any atom is 0.306 e. The number of unbranched alkanes of at least 4 members (excludes halogenated alkanes) is 6. The van der Waals surface area contributed by atoms with Crippen molar-refractivity contribution in [3.63, 3.8) is 0 Å². The molecule has 1 spiro atoms. The number of aliphatic hydroxyl groups is 4. The highest BCUT2D eigenvalue weighted by atomic mass is 16.8. The minimum Gasteiger partial charge on any atom is -0.458 e. The summed E-state index contributed by atoms with van der Waals surface area (Å²) in [6, 6.07) is 0. The maximum absolute atomic E-state index is 13.3. The molecule has 2 aliphatic carbocycles. The van der Waals surface area contributed by atoms with E-state index in [-0.39, 0.29) is 44.2 Å². The Hall–Kier alpha value is -2.65. The van der Waals surface area contributed by atoms with Gasteiger partial charge in [-0.25, -0.2) is 0 Å². The Balaban J connectivity index is 1.80. The van der Waals surface area contributed by atoms with E-state index in [0.717, 1.165) is 25.7 Å². The van der Waals surface area contributed by atoms with Gasteiger partial charge in [0.1, 0.15) is 24.4 Å². The van der Waals surface area contributed by atoms with Crippen LogP contribution < -0.4 is 0 Å². The fourth-order valence-electron chi connectivity index (χ4n) is 8.74. The molecule has 4 rings (SSSR count). The van der Waals surface area contributed by atoms with Gasteiger partial charge in [0.2, 0.25) is 12.6 Å². The third kappa shape index (κ3) is 8.99. The van der Waals surface area contributed by atoms with Crippen molar-refractivity contribution in [2.45, 2.75) is 161 Å². The second-order valence-corrected chi connectivity index (χ2v) is 15.3. The molecule has 3 fully saturated rings. The number of carbonyl (C=O) groups excluding carboxylic acids is 3. The van der Waals surface area contributed by atoms with Crippen LogP contribution in [-0.4, -0.2) is 100 Å². The number of rotatable bonds is 17. The Labute approximate surface area is 307 Å². The first-order chi connectivity index (χ1) is 24.6. The summed E-state index contributed by atoms with van der Waals surface area (Å²) in [5.41, 5.74) is -1.46. The highest BCUT2D eigenvalue weighted by Crippen LogP contribution is 2.68. The van der Waals surface area contributed by atoms with Gasteiger partial charge in [-0.15, -0.1) is 0 Å². The van der Waals surface area contributed by atoms with Crippen LogP contribution in [0.2, 0.25) is 0 Å². The topological polar surface area (TPSA) is 188 Å². The molecule has 52 heavy (non-hydrogen) atoms. The van der Waals surface area contributed by atoms with Crippen molar-refractivity contribution in [3.8, 4) is 0 Å². The molecular weight excluding hydrogens is 676 g/mol. The van der Waals surface area contributed by atoms with E-state index in [1.807, 2.05) is 13.8 Å². The minimum absolute atomic E-state index is 0.183. The zero-order valence-electron chi connectivity index (χ0n) is 31.4. The predicted molar refractivity (Wildman–Crippen MR) is 188 cm³/mol. The summed E-state index contributed by atoms with van der Waals surface area (Å²) >= 11 is 0. The van der Waals surface area contributed by atoms with Crippen LogP contribution in [0.3, 0.4) is 0 Å². The summed E-state index contributed by atoms with van der Waals surface area (Å²) in [6.07, 6.45) is -0.150. The van der Waals surface area contributed by atoms with Crippen LogP contribution in [0.5, 0.6) is 0 Å². The lowest BCUT2D eigenvalue weighted by Crippen LogP contribution is -2.65. The quantitative estimate of drug-likeness (QED) is 0.0549. The molecule has 0 aromatic rings. The van der Waals surface area contributed by atoms with E-state index in [0.29, 0.717) is 17.6 Å². The van der Waals surface area contributed by atoms with Gasteiger partial charge in [-0.1, -0.05) is 78.5 Å². The Morgan fingerprint density at radius 1 is 1.00 bits per heavy atom. The number of hydrogen-bond acceptors (Lipinski definition) is 13. The minimum atomic E-state index is -1.63. The average molecular weight is 737 g/mol. The summed E-state index contributed by atoms with van der Waals surface area (Å²) in [5.74, 6) is -2.60. The van der Waals surface area contributed by atoms with Crippen molar-refractivity contribution in [1.82, 2.24) is 0 Å². The van der Waals surface area contributed by atoms with Crippen LogP contribution in [0.1, 0.15) is 105 Å². The molecule has 0 aromatic heterocycles. The van der Waals surface area contributed by atoms with E-state index >= 15 is 0 Å². The predicted octanol–water partition coefficient (Wildman–Crippen LogP) is 4.14. The second-order valence-electron chi connectivity index (χ2n) is 15.3. The molecule has 2 aliphatic heterocycles. The van der Waals surface area contributed by atoms with Gasteiger partial charge in [0.05, 0.1) is 24.2 Å². The third-order valence-corrected chi connectivity index (χ3v) is 11.7. The van der Waals surface area contributed by atoms with E-state index in [1.165, 1.54) is 32.8 Å². The highest BCUT2D eigenvalue weighted by molar-refractivity contribution is 5.70. The zero-order chi connectivity index (χ0) is 38.4. The SMILES string of the molecule is C=CC(=C)[C@@H](O)C[C@]1(C)[C@H](C)C[C@H](OC2OC[C@@H](O)[C@H](O)[C@H]2O)[C@@]23C(=C[C@H](OC(=O)CCCCCCCCC)C[C@@H]12)[C@@H](OC(C)=O)O[C@H]3OC(C)=O. The van der Waals surface area contributed by atoms with Crippen LogP contribution in [-0.2, 0) is 42.8 Å². The fourth-order valence-corrected chi connectivity index (χ4v) is 8.74. The van der Waals surface area contributed by atoms with Crippen molar-refractivity contribution >= 4 is 17.9 Å². The molecule has 1 unspecified atom stereocenters. The Morgan fingerprint density at radius 2 is 1.65 bits per heavy atom. The largest absolute Gasteiger partial charge is 0.458 e. The molecule has 13 atom stereocenters. The molecule has 0 aromatic carbocycles. The average Bonchev–Trinajstić information content (AvgIpc) is 3.37. The number of hydrogen-bond donors (Lipinski definition) is 4. The number of ether oxygens (including phenoxy) is 6. The van der Waals surface area contributed by atoms with Crippen LogP contribution in [0, 0.1) is 22.7 Å². The molecule has 13 nitrogen and oxygen atoms in total. The number of esters is 3. The summed E-state index contributed by atoms with van der Waals surface area (Å²) in [6.45, 7) is 16.0. The molecule has 0 amide bonds. The molecule has 0 bridgehead atoms. The lowest BCUT2D eigenvalue weighted by Gasteiger charge is -2.62. The van der Waals surface area contributed by atoms with Gasteiger partial charge in [0, 0.05) is 25.8 Å². The van der Waals surface area contributed by atoms with E-state index < -0.39 is 84.2 Å². The van der Waals surface area contributed by atoms with Gasteiger partial charge in [0.25, 0.3) is 0 Å². The van der Waals surface area contributed by atoms with E-state index in [9.17, 15) is 34.8 Å². The normalized spacial score (nSPS) is 37.5. The van der Waals surface area contributed by atoms with Crippen molar-refractivity contribution < 1.29 is 63.2 Å². The Bertz CT molecular complexity index is 1310. The molecule has 1 saturated carbocycles. The summed E-state index contributed by atoms with van der Waals surface area (Å²) in [5, 5.41) is 43.0. The molecular formula is C39H60O13. The monoisotopic (exact) mass is 736 g/mol. The fraction of sp³-hybridized carbons (Fsp3) is 0.769. The number of carbonyl (C=O) groups is 3. The van der Waals surface area contributed by atoms with Gasteiger partial charge in [-0.05, 0) is 54.6 Å². The highest BCUT2D eigenvalue weighted by Gasteiger charge is 2.72. The summed E-state index contributed by atoms with van der Waals surface area (Å²) in [7, 11) is 0. The third-order valence-electron chi connectivity index (χ3n) is 11.7. The summed E-state index contributed by atoms with van der Waals surface area (Å²) < 4.78 is 36.2. The number of aliphatic hydroxyl groups excluding tert-OH is 4. The standard InChI is InChI=1S/C39H60O13/c1-8-10-11-12-13-14-15-16-32(44)50-26-18-27-35(48-24(5)40)52-37(49-25(6)41)39(27)30(19-26)38(7,20-28(42)22(3)9-2)23(4)17-31(39)51-36-34(46)33(45)29(43)21-47-36/h9,18,23,26,28-31,33-37,42-43,45-46H,2-3,8,10-17,19-21H2,1,4-7H3/t23-,26+,28+,29-,30+,31+,33+,34-,35+,36?,37-,38-,39-/m1/s1. The van der Waals surface area contributed by atoms with Crippen LogP contribution >= 0.6 is 0 Å². The van der Waals surface area contributed by atoms with Crippen LogP contribution in [0.15, 0.2) is 36.5 Å². The first-order valence-corrected chi connectivity index (χ1v) is 18.8. The Kier molecular flexibility index (Phi) is 14.7. The molecule has 0 radical (unpaired) electrons. The van der Waals surface area contributed by atoms with Gasteiger partial charge in [0.15, 0.2) is 6.29 Å².